The molecule has 2 aromatic heterocycles. The summed E-state index contributed by atoms with van der Waals surface area (Å²) in [6.45, 7) is 0. The Hall–Kier alpha value is -2.09. The summed E-state index contributed by atoms with van der Waals surface area (Å²) in [6.07, 6.45) is 1.69. The summed E-state index contributed by atoms with van der Waals surface area (Å²) in [5.74, 6) is 2.23. The van der Waals surface area contributed by atoms with Gasteiger partial charge in [-0.1, -0.05) is 35.5 Å². The van der Waals surface area contributed by atoms with Crippen LogP contribution in [0.25, 0.3) is 22.8 Å². The molecule has 0 aliphatic heterocycles. The highest BCUT2D eigenvalue weighted by atomic mass is 79.9. The Labute approximate surface area is 166 Å². The molecule has 0 fully saturated rings. The number of oxazole rings is 1. The van der Waals surface area contributed by atoms with E-state index < -0.39 is 0 Å². The van der Waals surface area contributed by atoms with Gasteiger partial charge in [-0.25, -0.2) is 4.98 Å². The monoisotopic (exact) mass is 447 g/mol. The van der Waals surface area contributed by atoms with Crippen molar-refractivity contribution in [3.8, 4) is 22.8 Å². The number of nitrogens with zero attached hydrogens (tertiary/aromatic N) is 3. The molecule has 0 aliphatic rings. The first kappa shape index (κ1) is 17.3. The predicted octanol–water partition coefficient (Wildman–Crippen LogP) is 6.10. The molecule has 130 valence electrons. The fourth-order valence-corrected chi connectivity index (χ4v) is 3.46. The Balaban J connectivity index is 1.44. The third kappa shape index (κ3) is 3.85. The molecule has 0 atom stereocenters. The van der Waals surface area contributed by atoms with Gasteiger partial charge in [0.05, 0.1) is 17.5 Å². The Morgan fingerprint density at radius 2 is 1.81 bits per heavy atom. The SMILES string of the molecule is Clc1ccc(-c2cnc(CSc3nnc(-c4ccccc4Br)o3)o2)cc1. The normalized spacial score (nSPS) is 11.0. The van der Waals surface area contributed by atoms with Crippen LogP contribution < -0.4 is 0 Å². The molecule has 0 spiro atoms. The van der Waals surface area contributed by atoms with E-state index in [1.54, 1.807) is 6.20 Å². The summed E-state index contributed by atoms with van der Waals surface area (Å²) in [4.78, 5) is 4.29. The van der Waals surface area contributed by atoms with E-state index in [-0.39, 0.29) is 0 Å². The minimum atomic E-state index is 0.460. The van der Waals surface area contributed by atoms with E-state index in [1.165, 1.54) is 11.8 Å². The third-order valence-corrected chi connectivity index (χ3v) is 5.26. The van der Waals surface area contributed by atoms with Crippen molar-refractivity contribution in [1.29, 1.82) is 0 Å². The summed E-state index contributed by atoms with van der Waals surface area (Å²) in [6, 6.07) is 15.1. The van der Waals surface area contributed by atoms with E-state index in [1.807, 2.05) is 48.5 Å². The summed E-state index contributed by atoms with van der Waals surface area (Å²) in [7, 11) is 0. The summed E-state index contributed by atoms with van der Waals surface area (Å²) in [5, 5.41) is 9.30. The minimum absolute atomic E-state index is 0.460. The van der Waals surface area contributed by atoms with E-state index in [9.17, 15) is 0 Å². The van der Waals surface area contributed by atoms with Crippen molar-refractivity contribution >= 4 is 39.3 Å². The van der Waals surface area contributed by atoms with Crippen LogP contribution in [0.5, 0.6) is 0 Å². The number of hydrogen-bond acceptors (Lipinski definition) is 6. The first-order valence-electron chi connectivity index (χ1n) is 7.61. The van der Waals surface area contributed by atoms with Crippen LogP contribution >= 0.6 is 39.3 Å². The van der Waals surface area contributed by atoms with E-state index in [0.717, 1.165) is 15.6 Å². The molecule has 0 unspecified atom stereocenters. The molecule has 0 N–H and O–H groups in total. The van der Waals surface area contributed by atoms with Gasteiger partial charge in [-0.05, 0) is 52.3 Å². The quantitative estimate of drug-likeness (QED) is 0.344. The van der Waals surface area contributed by atoms with Gasteiger partial charge in [-0.2, -0.15) is 0 Å². The molecular weight excluding hydrogens is 438 g/mol. The lowest BCUT2D eigenvalue weighted by atomic mass is 10.2. The second-order valence-electron chi connectivity index (χ2n) is 5.27. The van der Waals surface area contributed by atoms with E-state index in [0.29, 0.717) is 33.5 Å². The molecule has 0 aliphatic carbocycles. The van der Waals surface area contributed by atoms with Crippen molar-refractivity contribution in [2.24, 2.45) is 0 Å². The molecule has 8 heteroatoms. The van der Waals surface area contributed by atoms with Gasteiger partial charge in [0.25, 0.3) is 5.22 Å². The molecule has 0 amide bonds. The van der Waals surface area contributed by atoms with Crippen molar-refractivity contribution in [2.75, 3.05) is 0 Å². The number of hydrogen-bond donors (Lipinski definition) is 0. The Kier molecular flexibility index (Phi) is 5.10. The highest BCUT2D eigenvalue weighted by molar-refractivity contribution is 9.10. The lowest BCUT2D eigenvalue weighted by molar-refractivity contribution is 0.464. The van der Waals surface area contributed by atoms with Crippen LogP contribution in [0.4, 0.5) is 0 Å². The summed E-state index contributed by atoms with van der Waals surface area (Å²) in [5.41, 5.74) is 1.78. The summed E-state index contributed by atoms with van der Waals surface area (Å²) < 4.78 is 12.4. The Morgan fingerprint density at radius 3 is 2.62 bits per heavy atom. The van der Waals surface area contributed by atoms with Gasteiger partial charge in [-0.15, -0.1) is 10.2 Å². The molecule has 2 aromatic carbocycles. The van der Waals surface area contributed by atoms with Crippen molar-refractivity contribution in [2.45, 2.75) is 11.0 Å². The van der Waals surface area contributed by atoms with Crippen molar-refractivity contribution in [3.05, 3.63) is 70.1 Å². The van der Waals surface area contributed by atoms with Gasteiger partial charge in [-0.3, -0.25) is 0 Å². The van der Waals surface area contributed by atoms with Crippen LogP contribution in [-0.4, -0.2) is 15.2 Å². The van der Waals surface area contributed by atoms with Gasteiger partial charge >= 0.3 is 0 Å². The van der Waals surface area contributed by atoms with Crippen LogP contribution in [0.2, 0.25) is 5.02 Å². The van der Waals surface area contributed by atoms with Crippen molar-refractivity contribution in [3.63, 3.8) is 0 Å². The average Bonchev–Trinajstić information content (AvgIpc) is 3.30. The largest absolute Gasteiger partial charge is 0.440 e. The zero-order chi connectivity index (χ0) is 17.9. The highest BCUT2D eigenvalue weighted by Crippen LogP contribution is 2.30. The number of rotatable bonds is 5. The maximum Gasteiger partial charge on any atom is 0.277 e. The third-order valence-electron chi connectivity index (χ3n) is 3.51. The lowest BCUT2D eigenvalue weighted by Crippen LogP contribution is -1.79. The van der Waals surface area contributed by atoms with E-state index >= 15 is 0 Å². The fraction of sp³-hybridized carbons (Fsp3) is 0.0556. The van der Waals surface area contributed by atoms with Crippen LogP contribution in [-0.2, 0) is 5.75 Å². The van der Waals surface area contributed by atoms with Gasteiger partial charge in [0.1, 0.15) is 0 Å². The van der Waals surface area contributed by atoms with Gasteiger partial charge in [0.2, 0.25) is 11.8 Å². The molecule has 0 bridgehead atoms. The van der Waals surface area contributed by atoms with E-state index in [4.69, 9.17) is 20.4 Å². The standard InChI is InChI=1S/C18H11BrClN3O2S/c19-14-4-2-1-3-13(14)17-22-23-18(25-17)26-10-16-21-9-15(24-16)11-5-7-12(20)8-6-11/h1-9H,10H2. The Bertz CT molecular complexity index is 1030. The maximum absolute atomic E-state index is 5.90. The minimum Gasteiger partial charge on any atom is -0.440 e. The van der Waals surface area contributed by atoms with Crippen LogP contribution in [0.3, 0.4) is 0 Å². The predicted molar refractivity (Wildman–Crippen MR) is 104 cm³/mol. The number of aromatic nitrogens is 3. The molecule has 4 rings (SSSR count). The van der Waals surface area contributed by atoms with Crippen LogP contribution in [0, 0.1) is 0 Å². The van der Waals surface area contributed by atoms with Crippen molar-refractivity contribution < 1.29 is 8.83 Å². The number of thioether (sulfide) groups is 1. The Morgan fingerprint density at radius 1 is 1.00 bits per heavy atom. The zero-order valence-corrected chi connectivity index (χ0v) is 16.4. The zero-order valence-electron chi connectivity index (χ0n) is 13.2. The second kappa shape index (κ2) is 7.65. The molecule has 4 aromatic rings. The lowest BCUT2D eigenvalue weighted by Gasteiger charge is -1.97. The van der Waals surface area contributed by atoms with E-state index in [2.05, 4.69) is 31.1 Å². The molecule has 26 heavy (non-hydrogen) atoms. The first-order chi connectivity index (χ1) is 12.7. The van der Waals surface area contributed by atoms with Crippen molar-refractivity contribution in [1.82, 2.24) is 15.2 Å². The van der Waals surface area contributed by atoms with Crippen LogP contribution in [0.15, 0.2) is 73.3 Å². The topological polar surface area (TPSA) is 65.0 Å². The van der Waals surface area contributed by atoms with Crippen LogP contribution in [0.1, 0.15) is 5.89 Å². The molecular formula is C18H11BrClN3O2S. The highest BCUT2D eigenvalue weighted by Gasteiger charge is 2.13. The smallest absolute Gasteiger partial charge is 0.277 e. The molecule has 0 saturated heterocycles. The molecule has 0 saturated carbocycles. The van der Waals surface area contributed by atoms with Gasteiger partial charge in [0, 0.05) is 15.1 Å². The fourth-order valence-electron chi connectivity index (χ4n) is 2.26. The molecule has 5 nitrogen and oxygen atoms in total. The summed E-state index contributed by atoms with van der Waals surface area (Å²) >= 11 is 10.8. The van der Waals surface area contributed by atoms with Gasteiger partial charge < -0.3 is 8.83 Å². The number of halogens is 2. The van der Waals surface area contributed by atoms with Gasteiger partial charge in [0.15, 0.2) is 5.76 Å². The average molecular weight is 449 g/mol. The second-order valence-corrected chi connectivity index (χ2v) is 7.48. The molecule has 2 heterocycles. The maximum atomic E-state index is 5.90. The first-order valence-corrected chi connectivity index (χ1v) is 9.76. The number of benzene rings is 2. The molecule has 0 radical (unpaired) electrons.